The predicted octanol–water partition coefficient (Wildman–Crippen LogP) is -1.05. The van der Waals surface area contributed by atoms with Crippen molar-refractivity contribution in [1.82, 2.24) is 24.0 Å². The normalized spacial score (nSPS) is 16.2. The van der Waals surface area contributed by atoms with Gasteiger partial charge in [0, 0.05) is 46.3 Å². The fourth-order valence-electron chi connectivity index (χ4n) is 3.21. The van der Waals surface area contributed by atoms with Crippen molar-refractivity contribution in [1.29, 1.82) is 0 Å². The minimum atomic E-state index is -0.451. The molecule has 2 aromatic rings. The van der Waals surface area contributed by atoms with Crippen LogP contribution in [0, 0.1) is 0 Å². The van der Waals surface area contributed by atoms with Crippen LogP contribution in [0.2, 0.25) is 0 Å². The van der Waals surface area contributed by atoms with Crippen molar-refractivity contribution < 1.29 is 5.11 Å². The summed E-state index contributed by atoms with van der Waals surface area (Å²) in [5, 5.41) is 9.06. The molecule has 0 saturated carbocycles. The number of imidazole rings is 1. The number of aromatic amines is 1. The number of aliphatic hydroxyl groups excluding tert-OH is 1. The van der Waals surface area contributed by atoms with E-state index in [0.29, 0.717) is 24.3 Å². The maximum atomic E-state index is 12.3. The van der Waals surface area contributed by atoms with Crippen molar-refractivity contribution in [3.05, 3.63) is 20.8 Å². The lowest BCUT2D eigenvalue weighted by Gasteiger charge is -2.35. The number of aryl methyl sites for hydroxylation is 2. The van der Waals surface area contributed by atoms with Gasteiger partial charge in [0.1, 0.15) is 0 Å². The molecular formula is C15H24N6O3. The first-order valence-electron chi connectivity index (χ1n) is 8.34. The molecule has 3 heterocycles. The van der Waals surface area contributed by atoms with Crippen LogP contribution in [0.3, 0.4) is 0 Å². The second-order valence-corrected chi connectivity index (χ2v) is 6.11. The van der Waals surface area contributed by atoms with Gasteiger partial charge in [-0.05, 0) is 6.42 Å². The van der Waals surface area contributed by atoms with Gasteiger partial charge in [-0.1, -0.05) is 6.92 Å². The number of nitrogens with one attached hydrogen (secondary N) is 1. The lowest BCUT2D eigenvalue weighted by Crippen LogP contribution is -2.48. The fraction of sp³-hybridized carbons (Fsp3) is 0.667. The standard InChI is InChI=1S/C15H24N6O3/c1-3-4-21-11-12(18(2)15(24)17-13(11)23)16-14(21)20-7-5-19(6-8-20)9-10-22/h22H,3-10H2,1-2H3,(H,17,23,24). The molecule has 1 aliphatic heterocycles. The smallest absolute Gasteiger partial charge is 0.329 e. The summed E-state index contributed by atoms with van der Waals surface area (Å²) < 4.78 is 3.30. The van der Waals surface area contributed by atoms with Crippen molar-refractivity contribution in [3.63, 3.8) is 0 Å². The van der Waals surface area contributed by atoms with Gasteiger partial charge in [0.15, 0.2) is 11.2 Å². The van der Waals surface area contributed by atoms with E-state index in [1.165, 1.54) is 4.57 Å². The number of hydrogen-bond donors (Lipinski definition) is 2. The van der Waals surface area contributed by atoms with E-state index in [4.69, 9.17) is 5.11 Å². The Kier molecular flexibility index (Phi) is 4.72. The lowest BCUT2D eigenvalue weighted by atomic mass is 10.3. The van der Waals surface area contributed by atoms with Crippen LogP contribution >= 0.6 is 0 Å². The average Bonchev–Trinajstić information content (AvgIpc) is 2.94. The van der Waals surface area contributed by atoms with Crippen molar-refractivity contribution in [2.45, 2.75) is 19.9 Å². The third kappa shape index (κ3) is 2.84. The third-order valence-corrected chi connectivity index (χ3v) is 4.51. The number of piperazine rings is 1. The van der Waals surface area contributed by atoms with Crippen LogP contribution in [0.25, 0.3) is 11.2 Å². The molecule has 0 amide bonds. The van der Waals surface area contributed by atoms with Gasteiger partial charge in [-0.2, -0.15) is 4.98 Å². The molecule has 0 atom stereocenters. The van der Waals surface area contributed by atoms with Crippen LogP contribution in [0.4, 0.5) is 5.95 Å². The number of rotatable bonds is 5. The lowest BCUT2D eigenvalue weighted by molar-refractivity contribution is 0.188. The summed E-state index contributed by atoms with van der Waals surface area (Å²) in [6.45, 7) is 6.78. The van der Waals surface area contributed by atoms with Crippen molar-refractivity contribution in [2.75, 3.05) is 44.2 Å². The summed E-state index contributed by atoms with van der Waals surface area (Å²) in [6, 6.07) is 0. The SMILES string of the molecule is CCCn1c(N2CCN(CCO)CC2)nc2c1c(=O)[nH]c(=O)n2C. The molecule has 2 aromatic heterocycles. The minimum Gasteiger partial charge on any atom is -0.395 e. The van der Waals surface area contributed by atoms with Crippen LogP contribution in [0.1, 0.15) is 13.3 Å². The Labute approximate surface area is 139 Å². The number of hydrogen-bond acceptors (Lipinski definition) is 6. The Hall–Kier alpha value is -2.13. The van der Waals surface area contributed by atoms with E-state index in [1.807, 2.05) is 11.5 Å². The van der Waals surface area contributed by atoms with Gasteiger partial charge in [0.05, 0.1) is 6.61 Å². The largest absolute Gasteiger partial charge is 0.395 e. The van der Waals surface area contributed by atoms with Gasteiger partial charge in [-0.15, -0.1) is 0 Å². The van der Waals surface area contributed by atoms with Gasteiger partial charge in [-0.25, -0.2) is 4.79 Å². The zero-order valence-corrected chi connectivity index (χ0v) is 14.2. The quantitative estimate of drug-likeness (QED) is 0.723. The van der Waals surface area contributed by atoms with Crippen molar-refractivity contribution in [3.8, 4) is 0 Å². The number of fused-ring (bicyclic) bond motifs is 1. The number of H-pyrrole nitrogens is 1. The second-order valence-electron chi connectivity index (χ2n) is 6.11. The first-order valence-corrected chi connectivity index (χ1v) is 8.34. The summed E-state index contributed by atoms with van der Waals surface area (Å²) in [4.78, 5) is 35.4. The van der Waals surface area contributed by atoms with Crippen LogP contribution in [0.5, 0.6) is 0 Å². The van der Waals surface area contributed by atoms with E-state index in [9.17, 15) is 9.59 Å². The summed E-state index contributed by atoms with van der Waals surface area (Å²) in [6.07, 6.45) is 0.866. The molecule has 1 saturated heterocycles. The van der Waals surface area contributed by atoms with E-state index >= 15 is 0 Å². The van der Waals surface area contributed by atoms with E-state index in [1.54, 1.807) is 7.05 Å². The van der Waals surface area contributed by atoms with Gasteiger partial charge in [0.2, 0.25) is 5.95 Å². The Morgan fingerprint density at radius 2 is 1.88 bits per heavy atom. The highest BCUT2D eigenvalue weighted by Crippen LogP contribution is 2.21. The highest BCUT2D eigenvalue weighted by molar-refractivity contribution is 5.74. The molecule has 0 radical (unpaired) electrons. The number of aromatic nitrogens is 4. The van der Waals surface area contributed by atoms with Gasteiger partial charge < -0.3 is 14.6 Å². The van der Waals surface area contributed by atoms with Crippen LogP contribution in [-0.4, -0.2) is 68.4 Å². The Balaban J connectivity index is 2.03. The molecule has 132 valence electrons. The topological polar surface area (TPSA) is 99.4 Å². The molecule has 1 fully saturated rings. The molecule has 9 nitrogen and oxygen atoms in total. The molecule has 2 N–H and O–H groups in total. The van der Waals surface area contributed by atoms with Crippen LogP contribution < -0.4 is 16.1 Å². The molecule has 24 heavy (non-hydrogen) atoms. The van der Waals surface area contributed by atoms with Gasteiger partial charge in [-0.3, -0.25) is 19.2 Å². The molecule has 0 aliphatic carbocycles. The third-order valence-electron chi connectivity index (χ3n) is 4.51. The summed E-state index contributed by atoms with van der Waals surface area (Å²) in [5.74, 6) is 0.738. The zero-order valence-electron chi connectivity index (χ0n) is 14.2. The highest BCUT2D eigenvalue weighted by Gasteiger charge is 2.24. The maximum absolute atomic E-state index is 12.3. The molecule has 9 heteroatoms. The first-order chi connectivity index (χ1) is 11.6. The highest BCUT2D eigenvalue weighted by atomic mass is 16.3. The van der Waals surface area contributed by atoms with Gasteiger partial charge >= 0.3 is 5.69 Å². The average molecular weight is 336 g/mol. The summed E-state index contributed by atoms with van der Waals surface area (Å²) in [7, 11) is 1.62. The van der Waals surface area contributed by atoms with Crippen LogP contribution in [-0.2, 0) is 13.6 Å². The Morgan fingerprint density at radius 3 is 2.50 bits per heavy atom. The number of aliphatic hydroxyl groups is 1. The van der Waals surface area contributed by atoms with Crippen molar-refractivity contribution >= 4 is 17.1 Å². The second kappa shape index (κ2) is 6.78. The first kappa shape index (κ1) is 16.7. The molecular weight excluding hydrogens is 312 g/mol. The van der Waals surface area contributed by atoms with Crippen LogP contribution in [0.15, 0.2) is 9.59 Å². The molecule has 0 spiro atoms. The van der Waals surface area contributed by atoms with E-state index in [0.717, 1.165) is 38.5 Å². The minimum absolute atomic E-state index is 0.159. The molecule has 3 rings (SSSR count). The number of anilines is 1. The Bertz CT molecular complexity index is 828. The molecule has 0 aromatic carbocycles. The zero-order chi connectivity index (χ0) is 17.3. The number of nitrogens with zero attached hydrogens (tertiary/aromatic N) is 5. The number of β-amino-alcohol motifs (C(OH)–C–C–N with tert-alkyl or cyclic N) is 1. The molecule has 1 aliphatic rings. The van der Waals surface area contributed by atoms with E-state index in [-0.39, 0.29) is 12.2 Å². The summed E-state index contributed by atoms with van der Waals surface area (Å²) in [5.41, 5.74) is 0.0314. The van der Waals surface area contributed by atoms with Gasteiger partial charge in [0.25, 0.3) is 5.56 Å². The predicted molar refractivity (Wildman–Crippen MR) is 91.6 cm³/mol. The fourth-order valence-corrected chi connectivity index (χ4v) is 3.21. The van der Waals surface area contributed by atoms with E-state index in [2.05, 4.69) is 19.8 Å². The monoisotopic (exact) mass is 336 g/mol. The maximum Gasteiger partial charge on any atom is 0.329 e. The summed E-state index contributed by atoms with van der Waals surface area (Å²) >= 11 is 0. The Morgan fingerprint density at radius 1 is 1.17 bits per heavy atom. The molecule has 0 bridgehead atoms. The van der Waals surface area contributed by atoms with Crippen molar-refractivity contribution in [2.24, 2.45) is 7.05 Å². The van der Waals surface area contributed by atoms with E-state index < -0.39 is 5.69 Å². The molecule has 0 unspecified atom stereocenters.